The lowest BCUT2D eigenvalue weighted by molar-refractivity contribution is -0.119. The summed E-state index contributed by atoms with van der Waals surface area (Å²) in [6.45, 7) is 0.0895. The number of nitrogens with two attached hydrogens (primary N) is 1. The second-order valence-electron chi connectivity index (χ2n) is 6.36. The molecule has 0 fully saturated rings. The average molecular weight is 399 g/mol. The second-order valence-corrected chi connectivity index (χ2v) is 6.36. The molecule has 0 aliphatic heterocycles. The topological polar surface area (TPSA) is 89.4 Å². The van der Waals surface area contributed by atoms with Gasteiger partial charge in [0.2, 0.25) is 11.8 Å². The minimum absolute atomic E-state index is 0.0170. The second kappa shape index (κ2) is 9.09. The third kappa shape index (κ3) is 5.47. The monoisotopic (exact) mass is 399 g/mol. The van der Waals surface area contributed by atoms with Gasteiger partial charge in [-0.3, -0.25) is 9.59 Å². The number of oxazole rings is 1. The smallest absolute Gasteiger partial charge is 0.227 e. The Labute approximate surface area is 166 Å². The molecule has 0 unspecified atom stereocenters. The van der Waals surface area contributed by atoms with E-state index in [-0.39, 0.29) is 37.5 Å². The van der Waals surface area contributed by atoms with Crippen molar-refractivity contribution < 1.29 is 22.8 Å². The fraction of sp³-hybridized carbons (Fsp3) is 0.190. The zero-order chi connectivity index (χ0) is 20.8. The highest BCUT2D eigenvalue weighted by atomic mass is 19.1. The Balaban J connectivity index is 1.67. The van der Waals surface area contributed by atoms with Gasteiger partial charge in [-0.1, -0.05) is 0 Å². The van der Waals surface area contributed by atoms with Gasteiger partial charge in [0, 0.05) is 37.1 Å². The fourth-order valence-corrected chi connectivity index (χ4v) is 2.76. The Morgan fingerprint density at radius 1 is 0.966 bits per heavy atom. The van der Waals surface area contributed by atoms with Crippen LogP contribution in [0.25, 0.3) is 11.3 Å². The number of primary amides is 1. The number of anilines is 1. The van der Waals surface area contributed by atoms with Crippen molar-refractivity contribution in [3.8, 4) is 11.3 Å². The van der Waals surface area contributed by atoms with Gasteiger partial charge in [-0.25, -0.2) is 13.8 Å². The minimum Gasteiger partial charge on any atom is -0.441 e. The van der Waals surface area contributed by atoms with Crippen molar-refractivity contribution in [1.29, 1.82) is 0 Å². The molecule has 0 bridgehead atoms. The van der Waals surface area contributed by atoms with Gasteiger partial charge in [-0.15, -0.1) is 0 Å². The molecule has 1 heterocycles. The Hall–Kier alpha value is -3.55. The van der Waals surface area contributed by atoms with E-state index >= 15 is 0 Å². The van der Waals surface area contributed by atoms with Gasteiger partial charge >= 0.3 is 0 Å². The molecule has 0 saturated heterocycles. The number of rotatable bonds is 8. The van der Waals surface area contributed by atoms with Gasteiger partial charge in [0.05, 0.1) is 6.20 Å². The first kappa shape index (κ1) is 20.2. The number of aromatic nitrogens is 1. The van der Waals surface area contributed by atoms with Gasteiger partial charge in [-0.2, -0.15) is 0 Å². The molecule has 0 atom stereocenters. The molecule has 0 saturated carbocycles. The summed E-state index contributed by atoms with van der Waals surface area (Å²) >= 11 is 0. The third-order valence-corrected chi connectivity index (χ3v) is 4.26. The highest BCUT2D eigenvalue weighted by molar-refractivity contribution is 5.94. The van der Waals surface area contributed by atoms with Crippen LogP contribution >= 0.6 is 0 Å². The molecule has 8 heteroatoms. The minimum atomic E-state index is -0.540. The first-order chi connectivity index (χ1) is 13.9. The van der Waals surface area contributed by atoms with Crippen LogP contribution in [0.2, 0.25) is 0 Å². The Morgan fingerprint density at radius 2 is 1.59 bits per heavy atom. The summed E-state index contributed by atoms with van der Waals surface area (Å²) in [5, 5.41) is 0. The van der Waals surface area contributed by atoms with E-state index in [0.717, 1.165) is 0 Å². The molecule has 0 spiro atoms. The maximum atomic E-state index is 13.2. The van der Waals surface area contributed by atoms with E-state index in [1.807, 2.05) is 0 Å². The number of amides is 2. The standard InChI is InChI=1S/C21H19F2N3O3/c22-15-3-1-14(2-4-15)18-13-25-20(29-18)9-10-21(28)26(12-11-19(24)27)17-7-5-16(23)6-8-17/h1-8,13H,9-12H2,(H2,24,27). The third-order valence-electron chi connectivity index (χ3n) is 4.26. The average Bonchev–Trinajstić information content (AvgIpc) is 3.17. The van der Waals surface area contributed by atoms with Gasteiger partial charge in [0.25, 0.3) is 0 Å². The first-order valence-electron chi connectivity index (χ1n) is 8.97. The lowest BCUT2D eigenvalue weighted by atomic mass is 10.2. The maximum Gasteiger partial charge on any atom is 0.227 e. The first-order valence-corrected chi connectivity index (χ1v) is 8.97. The number of carbonyl (C=O) groups excluding carboxylic acids is 2. The van der Waals surface area contributed by atoms with Crippen molar-refractivity contribution in [2.24, 2.45) is 5.73 Å². The van der Waals surface area contributed by atoms with Crippen molar-refractivity contribution in [3.63, 3.8) is 0 Å². The molecular formula is C21H19F2N3O3. The van der Waals surface area contributed by atoms with Crippen LogP contribution in [-0.4, -0.2) is 23.3 Å². The Morgan fingerprint density at radius 3 is 2.21 bits per heavy atom. The molecule has 3 aromatic rings. The molecule has 2 amide bonds. The van der Waals surface area contributed by atoms with Crippen molar-refractivity contribution in [2.45, 2.75) is 19.3 Å². The number of halogens is 2. The van der Waals surface area contributed by atoms with Gasteiger partial charge in [0.15, 0.2) is 11.7 Å². The van der Waals surface area contributed by atoms with E-state index in [2.05, 4.69) is 4.98 Å². The molecule has 2 aromatic carbocycles. The van der Waals surface area contributed by atoms with Crippen molar-refractivity contribution in [2.75, 3.05) is 11.4 Å². The molecule has 150 valence electrons. The highest BCUT2D eigenvalue weighted by Crippen LogP contribution is 2.22. The number of aryl methyl sites for hydroxylation is 1. The summed E-state index contributed by atoms with van der Waals surface area (Å²) in [6, 6.07) is 11.2. The summed E-state index contributed by atoms with van der Waals surface area (Å²) in [4.78, 5) is 29.4. The van der Waals surface area contributed by atoms with Crippen LogP contribution in [0, 0.1) is 11.6 Å². The predicted octanol–water partition coefficient (Wildman–Crippen LogP) is 3.46. The van der Waals surface area contributed by atoms with Crippen molar-refractivity contribution in [3.05, 3.63) is 72.3 Å². The summed E-state index contributed by atoms with van der Waals surface area (Å²) < 4.78 is 31.8. The van der Waals surface area contributed by atoms with E-state index in [1.54, 1.807) is 12.1 Å². The number of benzene rings is 2. The maximum absolute atomic E-state index is 13.2. The van der Waals surface area contributed by atoms with Crippen molar-refractivity contribution >= 4 is 17.5 Å². The molecule has 0 aliphatic carbocycles. The van der Waals surface area contributed by atoms with Crippen LogP contribution < -0.4 is 10.6 Å². The summed E-state index contributed by atoms with van der Waals surface area (Å²) in [5.41, 5.74) is 6.33. The number of nitrogens with zero attached hydrogens (tertiary/aromatic N) is 2. The zero-order valence-electron chi connectivity index (χ0n) is 15.5. The highest BCUT2D eigenvalue weighted by Gasteiger charge is 2.18. The molecule has 3 rings (SSSR count). The zero-order valence-corrected chi connectivity index (χ0v) is 15.5. The molecule has 0 aliphatic rings. The van der Waals surface area contributed by atoms with Crippen LogP contribution in [0.3, 0.4) is 0 Å². The number of hydrogen-bond acceptors (Lipinski definition) is 4. The van der Waals surface area contributed by atoms with E-state index in [4.69, 9.17) is 10.2 Å². The summed E-state index contributed by atoms with van der Waals surface area (Å²) in [6.07, 6.45) is 1.79. The lowest BCUT2D eigenvalue weighted by Crippen LogP contribution is -2.34. The molecular weight excluding hydrogens is 380 g/mol. The largest absolute Gasteiger partial charge is 0.441 e. The number of carbonyl (C=O) groups is 2. The van der Waals surface area contributed by atoms with Gasteiger partial charge in [-0.05, 0) is 48.5 Å². The van der Waals surface area contributed by atoms with E-state index in [0.29, 0.717) is 22.9 Å². The van der Waals surface area contributed by atoms with E-state index < -0.39 is 11.7 Å². The summed E-state index contributed by atoms with van der Waals surface area (Å²) in [5.74, 6) is -0.774. The van der Waals surface area contributed by atoms with Crippen LogP contribution in [0.1, 0.15) is 18.7 Å². The van der Waals surface area contributed by atoms with E-state index in [9.17, 15) is 18.4 Å². The fourth-order valence-electron chi connectivity index (χ4n) is 2.76. The van der Waals surface area contributed by atoms with Crippen LogP contribution in [0.4, 0.5) is 14.5 Å². The van der Waals surface area contributed by atoms with Crippen LogP contribution in [-0.2, 0) is 16.0 Å². The molecule has 1 aromatic heterocycles. The SMILES string of the molecule is NC(=O)CCN(C(=O)CCc1ncc(-c2ccc(F)cc2)o1)c1ccc(F)cc1. The Kier molecular flexibility index (Phi) is 6.33. The van der Waals surface area contributed by atoms with Gasteiger partial charge < -0.3 is 15.1 Å². The predicted molar refractivity (Wildman–Crippen MR) is 103 cm³/mol. The number of hydrogen-bond donors (Lipinski definition) is 1. The Bertz CT molecular complexity index is 985. The summed E-state index contributed by atoms with van der Waals surface area (Å²) in [7, 11) is 0. The molecule has 2 N–H and O–H groups in total. The molecule has 0 radical (unpaired) electrons. The van der Waals surface area contributed by atoms with Gasteiger partial charge in [0.1, 0.15) is 11.6 Å². The molecule has 29 heavy (non-hydrogen) atoms. The van der Waals surface area contributed by atoms with Crippen molar-refractivity contribution in [1.82, 2.24) is 4.98 Å². The van der Waals surface area contributed by atoms with Crippen LogP contribution in [0.15, 0.2) is 59.1 Å². The normalized spacial score (nSPS) is 10.7. The molecule has 6 nitrogen and oxygen atoms in total. The van der Waals surface area contributed by atoms with E-state index in [1.165, 1.54) is 47.5 Å². The quantitative estimate of drug-likeness (QED) is 0.628. The lowest BCUT2D eigenvalue weighted by Gasteiger charge is -2.22. The van der Waals surface area contributed by atoms with Crippen LogP contribution in [0.5, 0.6) is 0 Å².